The molecule has 1 aliphatic heterocycles. The van der Waals surface area contributed by atoms with Crippen LogP contribution in [0.3, 0.4) is 0 Å². The van der Waals surface area contributed by atoms with Crippen molar-refractivity contribution in [1.82, 2.24) is 4.57 Å². The number of hydrogen-bond acceptors (Lipinski definition) is 3. The van der Waals surface area contributed by atoms with Crippen LogP contribution < -0.4 is 9.47 Å². The number of hydrogen-bond donors (Lipinski definition) is 0. The minimum atomic E-state index is 0.277. The predicted octanol–water partition coefficient (Wildman–Crippen LogP) is 4.86. The van der Waals surface area contributed by atoms with Gasteiger partial charge in [0.2, 0.25) is 12.7 Å². The van der Waals surface area contributed by atoms with Gasteiger partial charge in [0.05, 0.1) is 5.52 Å². The van der Waals surface area contributed by atoms with Crippen LogP contribution in [-0.4, -0.2) is 17.3 Å². The lowest BCUT2D eigenvalue weighted by Crippen LogP contribution is -2.17. The number of carbonyl (C=O) groups is 1. The summed E-state index contributed by atoms with van der Waals surface area (Å²) in [6.07, 6.45) is 11.4. The average molecular weight is 339 g/mol. The second kappa shape index (κ2) is 6.08. The molecular weight excluding hydrogens is 314 g/mol. The monoisotopic (exact) mass is 339 g/mol. The molecule has 0 amide bonds. The van der Waals surface area contributed by atoms with E-state index in [9.17, 15) is 4.79 Å². The second-order valence-electron chi connectivity index (χ2n) is 7.79. The van der Waals surface area contributed by atoms with E-state index in [0.29, 0.717) is 12.3 Å². The first kappa shape index (κ1) is 15.3. The zero-order valence-corrected chi connectivity index (χ0v) is 14.7. The average Bonchev–Trinajstić information content (AvgIpc) is 3.29. The standard InChI is InChI=1S/C21H25NO3/c23-21(10-14-6-4-5-7-14)22-17-9-3-1-2-8-15(17)16-11-19-20(12-18(16)22)25-13-24-19/h11-12,14H,1-10,13H2. The minimum Gasteiger partial charge on any atom is -0.454 e. The summed E-state index contributed by atoms with van der Waals surface area (Å²) in [5, 5.41) is 1.20. The molecule has 0 unspecified atom stereocenters. The molecule has 2 aromatic rings. The fraction of sp³-hybridized carbons (Fsp3) is 0.571. The lowest BCUT2D eigenvalue weighted by Gasteiger charge is -2.13. The third-order valence-corrected chi connectivity index (χ3v) is 6.20. The predicted molar refractivity (Wildman–Crippen MR) is 96.5 cm³/mol. The third-order valence-electron chi connectivity index (χ3n) is 6.20. The molecular formula is C21H25NO3. The molecule has 0 atom stereocenters. The van der Waals surface area contributed by atoms with Gasteiger partial charge in [-0.3, -0.25) is 9.36 Å². The van der Waals surface area contributed by atoms with Gasteiger partial charge in [0.1, 0.15) is 0 Å². The number of rotatable bonds is 2. The fourth-order valence-corrected chi connectivity index (χ4v) is 4.94. The molecule has 2 aliphatic carbocycles. The summed E-state index contributed by atoms with van der Waals surface area (Å²) in [7, 11) is 0. The number of fused-ring (bicyclic) bond motifs is 4. The lowest BCUT2D eigenvalue weighted by molar-refractivity contribution is 0.0882. The van der Waals surface area contributed by atoms with Crippen molar-refractivity contribution in [2.75, 3.05) is 6.79 Å². The lowest BCUT2D eigenvalue weighted by atomic mass is 10.0. The van der Waals surface area contributed by atoms with Crippen LogP contribution in [0.1, 0.15) is 67.4 Å². The molecule has 4 nitrogen and oxygen atoms in total. The van der Waals surface area contributed by atoms with E-state index in [1.807, 2.05) is 10.6 Å². The number of aryl methyl sites for hydroxylation is 1. The Balaban J connectivity index is 1.64. The summed E-state index contributed by atoms with van der Waals surface area (Å²) in [6.45, 7) is 0.278. The molecule has 5 rings (SSSR count). The van der Waals surface area contributed by atoms with Gasteiger partial charge in [-0.05, 0) is 56.1 Å². The maximum Gasteiger partial charge on any atom is 0.231 e. The van der Waals surface area contributed by atoms with E-state index in [4.69, 9.17) is 9.47 Å². The van der Waals surface area contributed by atoms with Crippen molar-refractivity contribution in [3.8, 4) is 11.5 Å². The van der Waals surface area contributed by atoms with Crippen molar-refractivity contribution in [2.24, 2.45) is 5.92 Å². The Morgan fingerprint density at radius 2 is 1.76 bits per heavy atom. The molecule has 0 spiro atoms. The molecule has 1 aromatic carbocycles. The summed E-state index contributed by atoms with van der Waals surface area (Å²) < 4.78 is 13.2. The van der Waals surface area contributed by atoms with E-state index in [-0.39, 0.29) is 12.7 Å². The zero-order valence-electron chi connectivity index (χ0n) is 14.7. The molecule has 0 radical (unpaired) electrons. The molecule has 0 bridgehead atoms. The fourth-order valence-electron chi connectivity index (χ4n) is 4.94. The quantitative estimate of drug-likeness (QED) is 0.734. The van der Waals surface area contributed by atoms with Crippen molar-refractivity contribution in [3.63, 3.8) is 0 Å². The SMILES string of the molecule is O=C(CC1CCCC1)n1c2c(c3cc4c(cc31)OCO4)CCCCC2. The number of aromatic nitrogens is 1. The van der Waals surface area contributed by atoms with Gasteiger partial charge in [-0.25, -0.2) is 0 Å². The smallest absolute Gasteiger partial charge is 0.231 e. The van der Waals surface area contributed by atoms with E-state index in [0.717, 1.165) is 29.9 Å². The van der Waals surface area contributed by atoms with Gasteiger partial charge in [0.15, 0.2) is 11.5 Å². The largest absolute Gasteiger partial charge is 0.454 e. The highest BCUT2D eigenvalue weighted by Crippen LogP contribution is 2.41. The van der Waals surface area contributed by atoms with E-state index < -0.39 is 0 Å². The Kier molecular flexibility index (Phi) is 3.72. The van der Waals surface area contributed by atoms with E-state index in [1.54, 1.807) is 0 Å². The maximum atomic E-state index is 13.3. The van der Waals surface area contributed by atoms with Crippen molar-refractivity contribution in [3.05, 3.63) is 23.4 Å². The molecule has 1 saturated carbocycles. The summed E-state index contributed by atoms with van der Waals surface area (Å²) in [5.41, 5.74) is 3.64. The number of benzene rings is 1. The minimum absolute atomic E-state index is 0.277. The Hall–Kier alpha value is -1.97. The van der Waals surface area contributed by atoms with Crippen LogP contribution in [0.2, 0.25) is 0 Å². The van der Waals surface area contributed by atoms with Gasteiger partial charge in [-0.2, -0.15) is 0 Å². The van der Waals surface area contributed by atoms with Crippen molar-refractivity contribution in [2.45, 2.75) is 64.2 Å². The second-order valence-corrected chi connectivity index (χ2v) is 7.79. The van der Waals surface area contributed by atoms with Gasteiger partial charge >= 0.3 is 0 Å². The molecule has 4 heteroatoms. The van der Waals surface area contributed by atoms with Crippen LogP contribution >= 0.6 is 0 Å². The van der Waals surface area contributed by atoms with Crippen LogP contribution in [-0.2, 0) is 12.8 Å². The van der Waals surface area contributed by atoms with Gasteiger partial charge in [-0.15, -0.1) is 0 Å². The Bertz CT molecular complexity index is 830. The maximum absolute atomic E-state index is 13.3. The van der Waals surface area contributed by atoms with Crippen LogP contribution in [0, 0.1) is 5.92 Å². The topological polar surface area (TPSA) is 40.5 Å². The van der Waals surface area contributed by atoms with Gasteiger partial charge in [-0.1, -0.05) is 19.3 Å². The number of nitrogens with zero attached hydrogens (tertiary/aromatic N) is 1. The number of carbonyl (C=O) groups excluding carboxylic acids is 1. The Morgan fingerprint density at radius 1 is 1.00 bits per heavy atom. The van der Waals surface area contributed by atoms with Gasteiger partial charge in [0, 0.05) is 23.6 Å². The van der Waals surface area contributed by atoms with Crippen LogP contribution in [0.4, 0.5) is 0 Å². The molecule has 2 heterocycles. The third kappa shape index (κ3) is 2.54. The van der Waals surface area contributed by atoms with Gasteiger partial charge in [0.25, 0.3) is 0 Å². The first-order valence-corrected chi connectivity index (χ1v) is 9.80. The van der Waals surface area contributed by atoms with E-state index in [2.05, 4.69) is 6.07 Å². The summed E-state index contributed by atoms with van der Waals surface area (Å²) in [5.74, 6) is 2.44. The highest BCUT2D eigenvalue weighted by atomic mass is 16.7. The van der Waals surface area contributed by atoms with Crippen LogP contribution in [0.25, 0.3) is 10.9 Å². The first-order valence-electron chi connectivity index (χ1n) is 9.80. The molecule has 1 aromatic heterocycles. The van der Waals surface area contributed by atoms with E-state index >= 15 is 0 Å². The molecule has 0 N–H and O–H groups in total. The highest BCUT2D eigenvalue weighted by Gasteiger charge is 2.27. The normalized spacial score (nSPS) is 20.0. The molecule has 3 aliphatic rings. The Morgan fingerprint density at radius 3 is 2.60 bits per heavy atom. The van der Waals surface area contributed by atoms with Crippen molar-refractivity contribution < 1.29 is 14.3 Å². The zero-order chi connectivity index (χ0) is 16.8. The molecule has 0 saturated heterocycles. The van der Waals surface area contributed by atoms with E-state index in [1.165, 1.54) is 61.6 Å². The van der Waals surface area contributed by atoms with Crippen LogP contribution in [0.5, 0.6) is 11.5 Å². The number of ether oxygens (including phenoxy) is 2. The van der Waals surface area contributed by atoms with Crippen molar-refractivity contribution in [1.29, 1.82) is 0 Å². The summed E-state index contributed by atoms with van der Waals surface area (Å²) in [6, 6.07) is 4.12. The van der Waals surface area contributed by atoms with Gasteiger partial charge < -0.3 is 9.47 Å². The Labute approximate surface area is 148 Å². The summed E-state index contributed by atoms with van der Waals surface area (Å²) in [4.78, 5) is 13.3. The summed E-state index contributed by atoms with van der Waals surface area (Å²) >= 11 is 0. The molecule has 1 fully saturated rings. The molecule has 132 valence electrons. The molecule has 25 heavy (non-hydrogen) atoms. The van der Waals surface area contributed by atoms with Crippen LogP contribution in [0.15, 0.2) is 12.1 Å². The first-order chi connectivity index (χ1) is 12.3. The highest BCUT2D eigenvalue weighted by molar-refractivity contribution is 5.98. The van der Waals surface area contributed by atoms with Crippen molar-refractivity contribution >= 4 is 16.8 Å².